The van der Waals surface area contributed by atoms with E-state index in [1.807, 2.05) is 65.4 Å². The van der Waals surface area contributed by atoms with Gasteiger partial charge in [-0.3, -0.25) is 4.57 Å². The summed E-state index contributed by atoms with van der Waals surface area (Å²) < 4.78 is 25.9. The van der Waals surface area contributed by atoms with Crippen LogP contribution in [-0.2, 0) is 15.4 Å². The topological polar surface area (TPSA) is 72.2 Å². The van der Waals surface area contributed by atoms with Gasteiger partial charge in [-0.2, -0.15) is 0 Å². The Labute approximate surface area is 215 Å². The molecular formula is C29H25ClN2O3S. The van der Waals surface area contributed by atoms with Crippen molar-refractivity contribution >= 4 is 32.2 Å². The van der Waals surface area contributed by atoms with Crippen LogP contribution in [0.2, 0.25) is 5.02 Å². The number of sulfone groups is 1. The number of benzene rings is 4. The standard InChI is InChI=1S/C29H25ClN2O3S/c1-29(2,33)27-18-32(28(31-27)24-13-7-9-19-8-4-5-12-23(19)24)26-15-14-21(17-25(26)30)20-10-6-11-22(16-20)36(3,34)35/h4-18,33H,1-3H3. The van der Waals surface area contributed by atoms with Crippen LogP contribution in [0.3, 0.4) is 0 Å². The molecule has 1 N–H and O–H groups in total. The SMILES string of the molecule is CC(C)(O)c1cn(-c2ccc(-c3cccc(S(C)(=O)=O)c3)cc2Cl)c(-c2cccc3ccccc23)n1. The molecule has 4 aromatic carbocycles. The third-order valence-electron chi connectivity index (χ3n) is 6.17. The molecule has 0 amide bonds. The van der Waals surface area contributed by atoms with E-state index in [9.17, 15) is 13.5 Å². The van der Waals surface area contributed by atoms with E-state index < -0.39 is 15.4 Å². The highest BCUT2D eigenvalue weighted by atomic mass is 35.5. The monoisotopic (exact) mass is 516 g/mol. The van der Waals surface area contributed by atoms with Gasteiger partial charge < -0.3 is 5.11 Å². The fraction of sp³-hybridized carbons (Fsp3) is 0.138. The molecule has 0 saturated carbocycles. The van der Waals surface area contributed by atoms with Crippen LogP contribution in [0.1, 0.15) is 19.5 Å². The Morgan fingerprint density at radius 2 is 1.58 bits per heavy atom. The average molecular weight is 517 g/mol. The lowest BCUT2D eigenvalue weighted by molar-refractivity contribution is 0.0743. The number of aromatic nitrogens is 2. The molecule has 0 aliphatic carbocycles. The number of hydrogen-bond acceptors (Lipinski definition) is 4. The molecule has 0 saturated heterocycles. The molecule has 0 spiro atoms. The Balaban J connectivity index is 1.68. The Hall–Kier alpha value is -3.45. The van der Waals surface area contributed by atoms with Crippen LogP contribution in [0.5, 0.6) is 0 Å². The first kappa shape index (κ1) is 24.3. The third kappa shape index (κ3) is 4.55. The summed E-state index contributed by atoms with van der Waals surface area (Å²) in [7, 11) is -3.33. The number of fused-ring (bicyclic) bond motifs is 1. The zero-order valence-electron chi connectivity index (χ0n) is 20.1. The Bertz CT molecular complexity index is 1710. The van der Waals surface area contributed by atoms with Gasteiger partial charge in [0.15, 0.2) is 9.84 Å². The number of aliphatic hydroxyl groups is 1. The van der Waals surface area contributed by atoms with Crippen molar-refractivity contribution in [2.24, 2.45) is 0 Å². The van der Waals surface area contributed by atoms with Crippen molar-refractivity contribution in [3.8, 4) is 28.2 Å². The minimum absolute atomic E-state index is 0.253. The number of rotatable bonds is 5. The van der Waals surface area contributed by atoms with Crippen molar-refractivity contribution in [2.45, 2.75) is 24.3 Å². The smallest absolute Gasteiger partial charge is 0.175 e. The Morgan fingerprint density at radius 3 is 2.31 bits per heavy atom. The van der Waals surface area contributed by atoms with Crippen molar-refractivity contribution in [1.82, 2.24) is 9.55 Å². The second kappa shape index (κ2) is 8.89. The maximum absolute atomic E-state index is 12.0. The van der Waals surface area contributed by atoms with E-state index in [1.165, 1.54) is 6.26 Å². The molecule has 0 fully saturated rings. The summed E-state index contributed by atoms with van der Waals surface area (Å²) in [6, 6.07) is 26.5. The molecule has 0 aliphatic heterocycles. The summed E-state index contributed by atoms with van der Waals surface area (Å²) in [4.78, 5) is 5.08. The molecule has 0 bridgehead atoms. The van der Waals surface area contributed by atoms with Crippen molar-refractivity contribution in [3.05, 3.63) is 102 Å². The van der Waals surface area contributed by atoms with Gasteiger partial charge in [0, 0.05) is 18.0 Å². The zero-order chi connectivity index (χ0) is 25.7. The summed E-state index contributed by atoms with van der Waals surface area (Å²) >= 11 is 6.82. The van der Waals surface area contributed by atoms with Gasteiger partial charge in [0.1, 0.15) is 11.4 Å². The molecule has 1 aromatic heterocycles. The first-order chi connectivity index (χ1) is 17.0. The molecule has 5 aromatic rings. The third-order valence-corrected chi connectivity index (χ3v) is 7.58. The number of hydrogen-bond donors (Lipinski definition) is 1. The second-order valence-electron chi connectivity index (χ2n) is 9.37. The van der Waals surface area contributed by atoms with Crippen LogP contribution < -0.4 is 0 Å². The maximum Gasteiger partial charge on any atom is 0.175 e. The van der Waals surface area contributed by atoms with Gasteiger partial charge in [0.2, 0.25) is 0 Å². The molecule has 1 heterocycles. The van der Waals surface area contributed by atoms with Crippen molar-refractivity contribution in [1.29, 1.82) is 0 Å². The van der Waals surface area contributed by atoms with Crippen LogP contribution in [-0.4, -0.2) is 29.3 Å². The van der Waals surface area contributed by atoms with Crippen molar-refractivity contribution < 1.29 is 13.5 Å². The molecule has 7 heteroatoms. The van der Waals surface area contributed by atoms with Gasteiger partial charge in [-0.25, -0.2) is 13.4 Å². The molecule has 182 valence electrons. The summed E-state index contributed by atoms with van der Waals surface area (Å²) in [5.41, 5.74) is 2.54. The molecule has 0 unspecified atom stereocenters. The first-order valence-electron chi connectivity index (χ1n) is 11.4. The number of halogens is 1. The first-order valence-corrected chi connectivity index (χ1v) is 13.7. The van der Waals surface area contributed by atoms with Crippen molar-refractivity contribution in [2.75, 3.05) is 6.26 Å². The molecule has 0 radical (unpaired) electrons. The molecule has 5 nitrogen and oxygen atoms in total. The van der Waals surface area contributed by atoms with E-state index in [4.69, 9.17) is 16.6 Å². The van der Waals surface area contributed by atoms with Gasteiger partial charge in [-0.15, -0.1) is 0 Å². The molecule has 0 atom stereocenters. The molecule has 0 aliphatic rings. The lowest BCUT2D eigenvalue weighted by Gasteiger charge is -2.13. The van der Waals surface area contributed by atoms with Crippen LogP contribution in [0, 0.1) is 0 Å². The van der Waals surface area contributed by atoms with Gasteiger partial charge in [-0.05, 0) is 60.0 Å². The van der Waals surface area contributed by atoms with E-state index in [0.29, 0.717) is 22.2 Å². The fourth-order valence-electron chi connectivity index (χ4n) is 4.26. The minimum atomic E-state index is -3.33. The van der Waals surface area contributed by atoms with Crippen LogP contribution in [0.4, 0.5) is 0 Å². The molecular weight excluding hydrogens is 492 g/mol. The van der Waals surface area contributed by atoms with E-state index in [1.54, 1.807) is 32.0 Å². The summed E-state index contributed by atoms with van der Waals surface area (Å²) in [6.07, 6.45) is 3.00. The van der Waals surface area contributed by atoms with Gasteiger partial charge in [-0.1, -0.05) is 72.3 Å². The highest BCUT2D eigenvalue weighted by Crippen LogP contribution is 2.36. The quantitative estimate of drug-likeness (QED) is 0.284. The second-order valence-corrected chi connectivity index (χ2v) is 11.8. The highest BCUT2D eigenvalue weighted by Gasteiger charge is 2.24. The largest absolute Gasteiger partial charge is 0.384 e. The van der Waals surface area contributed by atoms with E-state index in [0.717, 1.165) is 27.5 Å². The van der Waals surface area contributed by atoms with Crippen molar-refractivity contribution in [3.63, 3.8) is 0 Å². The molecule has 36 heavy (non-hydrogen) atoms. The highest BCUT2D eigenvalue weighted by molar-refractivity contribution is 7.90. The van der Waals surface area contributed by atoms with E-state index >= 15 is 0 Å². The van der Waals surface area contributed by atoms with Gasteiger partial charge in [0.05, 0.1) is 21.3 Å². The predicted molar refractivity (Wildman–Crippen MR) is 145 cm³/mol. The van der Waals surface area contributed by atoms with Gasteiger partial charge in [0.25, 0.3) is 0 Å². The fourth-order valence-corrected chi connectivity index (χ4v) is 5.20. The number of imidazole rings is 1. The zero-order valence-corrected chi connectivity index (χ0v) is 21.7. The maximum atomic E-state index is 12.0. The van der Waals surface area contributed by atoms with Crippen LogP contribution >= 0.6 is 11.6 Å². The van der Waals surface area contributed by atoms with E-state index in [2.05, 4.69) is 12.1 Å². The Morgan fingerprint density at radius 1 is 0.889 bits per heavy atom. The summed E-state index contributed by atoms with van der Waals surface area (Å²) in [5.74, 6) is 0.664. The minimum Gasteiger partial charge on any atom is -0.384 e. The lowest BCUT2D eigenvalue weighted by Crippen LogP contribution is -2.15. The van der Waals surface area contributed by atoms with Crippen LogP contribution in [0.25, 0.3) is 39.0 Å². The molecule has 5 rings (SSSR count). The van der Waals surface area contributed by atoms with Gasteiger partial charge >= 0.3 is 0 Å². The lowest BCUT2D eigenvalue weighted by atomic mass is 10.0. The average Bonchev–Trinajstić information content (AvgIpc) is 3.29. The van der Waals surface area contributed by atoms with E-state index in [-0.39, 0.29) is 4.90 Å². The number of nitrogens with zero attached hydrogens (tertiary/aromatic N) is 2. The summed E-state index contributed by atoms with van der Waals surface area (Å²) in [6.45, 7) is 3.40. The Kier molecular flexibility index (Phi) is 5.99. The summed E-state index contributed by atoms with van der Waals surface area (Å²) in [5, 5.41) is 13.3. The predicted octanol–water partition coefficient (Wildman–Crippen LogP) is 6.64. The normalized spacial score (nSPS) is 12.2. The van der Waals surface area contributed by atoms with Crippen LogP contribution in [0.15, 0.2) is 96.0 Å².